The van der Waals surface area contributed by atoms with Gasteiger partial charge in [0.2, 0.25) is 5.91 Å². The largest absolute Gasteiger partial charge is 0.369 e. The van der Waals surface area contributed by atoms with Crippen LogP contribution in [0.4, 0.5) is 0 Å². The summed E-state index contributed by atoms with van der Waals surface area (Å²) in [7, 11) is 0. The summed E-state index contributed by atoms with van der Waals surface area (Å²) >= 11 is 0. The third kappa shape index (κ3) is 2.26. The van der Waals surface area contributed by atoms with Gasteiger partial charge in [-0.05, 0) is 0 Å². The molecule has 2 unspecified atom stereocenters. The highest BCUT2D eigenvalue weighted by atomic mass is 16.1. The molecule has 0 aliphatic carbocycles. The maximum atomic E-state index is 10.4. The predicted octanol–water partition coefficient (Wildman–Crippen LogP) is -0.0572. The molecule has 2 atom stereocenters. The number of carbonyl (C=O) groups excluding carboxylic acids is 2. The normalized spacial score (nSPS) is 16.2. The molecule has 0 rings (SSSR count). The van der Waals surface area contributed by atoms with Gasteiger partial charge < -0.3 is 10.5 Å². The van der Waals surface area contributed by atoms with Gasteiger partial charge in [-0.15, -0.1) is 0 Å². The average Bonchev–Trinajstić information content (AvgIpc) is 1.84. The Morgan fingerprint density at radius 2 is 2.00 bits per heavy atom. The van der Waals surface area contributed by atoms with Crippen molar-refractivity contribution >= 4 is 12.2 Å². The van der Waals surface area contributed by atoms with Crippen LogP contribution in [-0.4, -0.2) is 12.2 Å². The van der Waals surface area contributed by atoms with Crippen molar-refractivity contribution in [2.75, 3.05) is 0 Å². The standard InChI is InChI=1S/C6H11NO2/c1-4(3-8)5(2)6(7)9/h3-5H,1-2H3,(H2,7,9). The Labute approximate surface area is 54.2 Å². The zero-order chi connectivity index (χ0) is 7.44. The lowest BCUT2D eigenvalue weighted by molar-refractivity contribution is -0.125. The lowest BCUT2D eigenvalue weighted by Crippen LogP contribution is -2.26. The zero-order valence-electron chi connectivity index (χ0n) is 5.63. The van der Waals surface area contributed by atoms with Crippen LogP contribution in [0.1, 0.15) is 13.8 Å². The zero-order valence-corrected chi connectivity index (χ0v) is 5.63. The third-order valence-corrected chi connectivity index (χ3v) is 1.45. The van der Waals surface area contributed by atoms with Gasteiger partial charge in [0.25, 0.3) is 0 Å². The first kappa shape index (κ1) is 8.14. The first-order valence-corrected chi connectivity index (χ1v) is 2.84. The molecule has 3 nitrogen and oxygen atoms in total. The van der Waals surface area contributed by atoms with E-state index < -0.39 is 5.91 Å². The molecular weight excluding hydrogens is 118 g/mol. The van der Waals surface area contributed by atoms with E-state index in [1.54, 1.807) is 13.8 Å². The summed E-state index contributed by atoms with van der Waals surface area (Å²) in [5.41, 5.74) is 4.91. The number of hydrogen-bond acceptors (Lipinski definition) is 2. The first-order chi connectivity index (χ1) is 4.09. The number of hydrogen-bond donors (Lipinski definition) is 1. The Hall–Kier alpha value is -0.860. The Balaban J connectivity index is 3.86. The average molecular weight is 129 g/mol. The molecule has 0 aromatic heterocycles. The number of nitrogens with two attached hydrogens (primary N) is 1. The van der Waals surface area contributed by atoms with E-state index in [-0.39, 0.29) is 11.8 Å². The van der Waals surface area contributed by atoms with E-state index in [1.165, 1.54) is 0 Å². The van der Waals surface area contributed by atoms with Crippen molar-refractivity contribution in [1.82, 2.24) is 0 Å². The summed E-state index contributed by atoms with van der Waals surface area (Å²) in [5.74, 6) is -1.03. The van der Waals surface area contributed by atoms with E-state index in [1.807, 2.05) is 0 Å². The molecule has 0 heterocycles. The van der Waals surface area contributed by atoms with Crippen molar-refractivity contribution in [3.05, 3.63) is 0 Å². The van der Waals surface area contributed by atoms with E-state index in [0.717, 1.165) is 6.29 Å². The molecule has 0 aliphatic rings. The van der Waals surface area contributed by atoms with Gasteiger partial charge in [0, 0.05) is 11.8 Å². The number of carbonyl (C=O) groups is 2. The van der Waals surface area contributed by atoms with Gasteiger partial charge in [-0.25, -0.2) is 0 Å². The number of rotatable bonds is 3. The van der Waals surface area contributed by atoms with Crippen LogP contribution in [0.2, 0.25) is 0 Å². The fraction of sp³-hybridized carbons (Fsp3) is 0.667. The predicted molar refractivity (Wildman–Crippen MR) is 33.6 cm³/mol. The summed E-state index contributed by atoms with van der Waals surface area (Å²) in [6, 6.07) is 0. The van der Waals surface area contributed by atoms with Crippen LogP contribution in [0.5, 0.6) is 0 Å². The summed E-state index contributed by atoms with van der Waals surface area (Å²) in [4.78, 5) is 20.4. The van der Waals surface area contributed by atoms with Crippen LogP contribution in [0, 0.1) is 11.8 Å². The molecule has 2 N–H and O–H groups in total. The Morgan fingerprint density at radius 3 is 2.11 bits per heavy atom. The molecule has 0 bridgehead atoms. The quantitative estimate of drug-likeness (QED) is 0.543. The van der Waals surface area contributed by atoms with Crippen molar-refractivity contribution in [3.8, 4) is 0 Å². The molecule has 0 aliphatic heterocycles. The molecule has 9 heavy (non-hydrogen) atoms. The molecule has 0 spiro atoms. The lowest BCUT2D eigenvalue weighted by atomic mass is 9.97. The molecule has 3 heteroatoms. The van der Waals surface area contributed by atoms with Crippen molar-refractivity contribution in [2.24, 2.45) is 17.6 Å². The van der Waals surface area contributed by atoms with Crippen LogP contribution in [0.3, 0.4) is 0 Å². The van der Waals surface area contributed by atoms with Gasteiger partial charge in [0.1, 0.15) is 6.29 Å². The maximum absolute atomic E-state index is 10.4. The highest BCUT2D eigenvalue weighted by Crippen LogP contribution is 2.05. The molecule has 0 saturated carbocycles. The molecule has 0 radical (unpaired) electrons. The number of primary amides is 1. The fourth-order valence-corrected chi connectivity index (χ4v) is 0.377. The molecule has 0 saturated heterocycles. The lowest BCUT2D eigenvalue weighted by Gasteiger charge is -2.07. The molecule has 52 valence electrons. The van der Waals surface area contributed by atoms with Gasteiger partial charge in [-0.3, -0.25) is 4.79 Å². The van der Waals surface area contributed by atoms with Gasteiger partial charge in [-0.2, -0.15) is 0 Å². The van der Waals surface area contributed by atoms with Crippen LogP contribution in [0.25, 0.3) is 0 Å². The second kappa shape index (κ2) is 3.22. The molecule has 1 amide bonds. The minimum atomic E-state index is -0.422. The summed E-state index contributed by atoms with van der Waals surface area (Å²) in [5, 5.41) is 0. The van der Waals surface area contributed by atoms with E-state index in [9.17, 15) is 9.59 Å². The van der Waals surface area contributed by atoms with Crippen LogP contribution in [-0.2, 0) is 9.59 Å². The first-order valence-electron chi connectivity index (χ1n) is 2.84. The topological polar surface area (TPSA) is 60.2 Å². The van der Waals surface area contributed by atoms with Crippen molar-refractivity contribution < 1.29 is 9.59 Å². The Bertz CT molecular complexity index is 122. The van der Waals surface area contributed by atoms with Gasteiger partial charge in [0.15, 0.2) is 0 Å². The smallest absolute Gasteiger partial charge is 0.220 e. The molecular formula is C6H11NO2. The van der Waals surface area contributed by atoms with E-state index in [0.29, 0.717) is 0 Å². The van der Waals surface area contributed by atoms with Gasteiger partial charge in [0.05, 0.1) is 0 Å². The SMILES string of the molecule is CC(C=O)C(C)C(N)=O. The van der Waals surface area contributed by atoms with Crippen molar-refractivity contribution in [2.45, 2.75) is 13.8 Å². The van der Waals surface area contributed by atoms with E-state index in [4.69, 9.17) is 5.73 Å². The summed E-state index contributed by atoms with van der Waals surface area (Å²) in [6.45, 7) is 3.31. The molecule has 0 aromatic carbocycles. The maximum Gasteiger partial charge on any atom is 0.220 e. The minimum absolute atomic E-state index is 0.262. The highest BCUT2D eigenvalue weighted by Gasteiger charge is 2.15. The monoisotopic (exact) mass is 129 g/mol. The minimum Gasteiger partial charge on any atom is -0.369 e. The van der Waals surface area contributed by atoms with Crippen LogP contribution in [0.15, 0.2) is 0 Å². The van der Waals surface area contributed by atoms with Crippen molar-refractivity contribution in [1.29, 1.82) is 0 Å². The van der Waals surface area contributed by atoms with Crippen LogP contribution < -0.4 is 5.73 Å². The van der Waals surface area contributed by atoms with Crippen LogP contribution >= 0.6 is 0 Å². The second-order valence-electron chi connectivity index (χ2n) is 2.19. The van der Waals surface area contributed by atoms with Gasteiger partial charge >= 0.3 is 0 Å². The Morgan fingerprint density at radius 1 is 1.56 bits per heavy atom. The summed E-state index contributed by atoms with van der Waals surface area (Å²) < 4.78 is 0. The van der Waals surface area contributed by atoms with E-state index >= 15 is 0 Å². The number of aldehydes is 1. The third-order valence-electron chi connectivity index (χ3n) is 1.45. The fourth-order valence-electron chi connectivity index (χ4n) is 0.377. The molecule has 0 fully saturated rings. The second-order valence-corrected chi connectivity index (χ2v) is 2.19. The highest BCUT2D eigenvalue weighted by molar-refractivity contribution is 5.79. The number of amides is 1. The van der Waals surface area contributed by atoms with Crippen molar-refractivity contribution in [3.63, 3.8) is 0 Å². The summed E-state index contributed by atoms with van der Waals surface area (Å²) in [6.07, 6.45) is 0.732. The Kier molecular flexibility index (Phi) is 2.91. The van der Waals surface area contributed by atoms with Gasteiger partial charge in [-0.1, -0.05) is 13.8 Å². The van der Waals surface area contributed by atoms with E-state index in [2.05, 4.69) is 0 Å². The molecule has 0 aromatic rings.